The van der Waals surface area contributed by atoms with E-state index in [1.807, 2.05) is 34.6 Å². The molecule has 0 unspecified atom stereocenters. The van der Waals surface area contributed by atoms with Gasteiger partial charge in [0.1, 0.15) is 40.8 Å². The summed E-state index contributed by atoms with van der Waals surface area (Å²) >= 11 is 0. The Kier molecular flexibility index (Phi) is 31.6. The van der Waals surface area contributed by atoms with E-state index < -0.39 is 160 Å². The number of nitrogens with zero attached hydrogens (tertiary/aromatic N) is 2. The van der Waals surface area contributed by atoms with Crippen LogP contribution >= 0.6 is 0 Å². The average Bonchev–Trinajstić information content (AvgIpc) is 0.750. The van der Waals surface area contributed by atoms with Crippen LogP contribution in [0.15, 0.2) is 0 Å². The van der Waals surface area contributed by atoms with Crippen molar-refractivity contribution in [3.05, 3.63) is 0 Å². The van der Waals surface area contributed by atoms with Gasteiger partial charge in [-0.15, -0.1) is 20.5 Å². The van der Waals surface area contributed by atoms with Gasteiger partial charge in [0.2, 0.25) is 59.1 Å². The van der Waals surface area contributed by atoms with Crippen LogP contribution in [0.3, 0.4) is 0 Å². The fourth-order valence-corrected chi connectivity index (χ4v) is 12.9. The van der Waals surface area contributed by atoms with E-state index in [-0.39, 0.29) is 62.7 Å². The molecule has 5 atom stereocenters. The lowest BCUT2D eigenvalue weighted by Crippen LogP contribution is -2.73. The number of carbonyl (C=O) groups excluding carboxylic acids is 11. The van der Waals surface area contributed by atoms with E-state index in [1.54, 1.807) is 76.2 Å². The van der Waals surface area contributed by atoms with Crippen molar-refractivity contribution in [2.24, 2.45) is 23.7 Å². The van der Waals surface area contributed by atoms with Crippen LogP contribution in [-0.2, 0) is 67.9 Å². The second kappa shape index (κ2) is 35.5. The topological polar surface area (TPSA) is 376 Å². The maximum atomic E-state index is 14.6. The number of unbranched alkanes of at least 4 members (excludes halogenated alkanes) is 5. The summed E-state index contributed by atoms with van der Waals surface area (Å²) in [5.41, 5.74) is -8.95. The molecule has 0 spiro atoms. The van der Waals surface area contributed by atoms with Gasteiger partial charge in [-0.05, 0) is 151 Å². The van der Waals surface area contributed by atoms with Crippen LogP contribution in [0.25, 0.3) is 0 Å². The van der Waals surface area contributed by atoms with Crippen LogP contribution in [0.2, 0.25) is 0 Å². The van der Waals surface area contributed by atoms with Crippen LogP contribution in [0.4, 0.5) is 0 Å². The second-order valence-corrected chi connectivity index (χ2v) is 30.0. The van der Waals surface area contributed by atoms with Gasteiger partial charge < -0.3 is 63.2 Å². The van der Waals surface area contributed by atoms with Crippen LogP contribution < -0.4 is 58.5 Å². The minimum atomic E-state index is -1.83. The number of carbonyl (C=O) groups is 11. The molecule has 27 nitrogen and oxygen atoms in total. The summed E-state index contributed by atoms with van der Waals surface area (Å²) in [6.07, 6.45) is 7.20. The summed E-state index contributed by atoms with van der Waals surface area (Å²) in [5, 5.41) is 58.8. The molecule has 2 fully saturated rings. The fraction of sp³-hybridized carbons (Fsp3) is 0.831. The van der Waals surface area contributed by atoms with Gasteiger partial charge in [-0.1, -0.05) is 101 Å². The molecule has 0 aromatic heterocycles. The zero-order valence-electron chi connectivity index (χ0n) is 59.2. The highest BCUT2D eigenvalue weighted by atomic mass is 16.5. The number of hydrogen-bond acceptors (Lipinski definition) is 15. The molecule has 0 aromatic carbocycles. The highest BCUT2D eigenvalue weighted by Crippen LogP contribution is 2.44. The number of amides is 10. The lowest BCUT2D eigenvalue weighted by molar-refractivity contribution is -0.296. The summed E-state index contributed by atoms with van der Waals surface area (Å²) in [5.74, 6) is -8.51. The number of esters is 1. The van der Waals surface area contributed by atoms with Gasteiger partial charge in [-0.2, -0.15) is 0 Å². The van der Waals surface area contributed by atoms with Crippen molar-refractivity contribution < 1.29 is 67.9 Å². The smallest absolute Gasteiger partial charge is 0.328 e. The first kappa shape index (κ1) is 82.1. The summed E-state index contributed by atoms with van der Waals surface area (Å²) in [6, 6.07) is -4.50. The van der Waals surface area contributed by atoms with Gasteiger partial charge in [-0.25, -0.2) is 4.79 Å². The Morgan fingerprint density at radius 3 is 1.34 bits per heavy atom. The van der Waals surface area contributed by atoms with Crippen molar-refractivity contribution >= 4 is 65.0 Å². The molecular weight excluding hydrogens is 1190 g/mol. The summed E-state index contributed by atoms with van der Waals surface area (Å²) in [6.45, 7) is 31.3. The van der Waals surface area contributed by atoms with Gasteiger partial charge in [0.25, 0.3) is 0 Å². The zero-order valence-corrected chi connectivity index (χ0v) is 59.2. The zero-order chi connectivity index (χ0) is 70.5. The van der Waals surface area contributed by atoms with Gasteiger partial charge in [0.15, 0.2) is 0 Å². The summed E-state index contributed by atoms with van der Waals surface area (Å²) in [4.78, 5) is 151. The molecule has 0 saturated carbocycles. The predicted molar refractivity (Wildman–Crippen MR) is 347 cm³/mol. The van der Waals surface area contributed by atoms with Crippen molar-refractivity contribution in [2.75, 3.05) is 39.8 Å². The molecule has 11 N–H and O–H groups in total. The highest BCUT2D eigenvalue weighted by molar-refractivity contribution is 5.99. The highest BCUT2D eigenvalue weighted by Gasteiger charge is 2.59. The first-order valence-corrected chi connectivity index (χ1v) is 33.1. The van der Waals surface area contributed by atoms with Crippen molar-refractivity contribution in [3.63, 3.8) is 0 Å². The van der Waals surface area contributed by atoms with Crippen molar-refractivity contribution in [1.29, 1.82) is 0 Å². The normalized spacial score (nSPS) is 19.0. The maximum absolute atomic E-state index is 14.6. The van der Waals surface area contributed by atoms with E-state index in [0.717, 1.165) is 48.7 Å². The Morgan fingerprint density at radius 1 is 0.478 bits per heavy atom. The van der Waals surface area contributed by atoms with Crippen LogP contribution in [0, 0.1) is 23.7 Å². The number of piperidine rings is 2. The molecule has 2 saturated heterocycles. The molecule has 27 heteroatoms. The maximum Gasteiger partial charge on any atom is 0.328 e. The summed E-state index contributed by atoms with van der Waals surface area (Å²) in [7, 11) is 1.21. The van der Waals surface area contributed by atoms with E-state index >= 15 is 0 Å². The number of hydroxylamine groups is 4. The van der Waals surface area contributed by atoms with Gasteiger partial charge in [0, 0.05) is 22.2 Å². The molecule has 0 bridgehead atoms. The summed E-state index contributed by atoms with van der Waals surface area (Å²) < 4.78 is 4.90. The molecule has 2 radical (unpaired) electrons. The Morgan fingerprint density at radius 2 is 0.880 bits per heavy atom. The molecule has 2 rings (SSSR count). The van der Waals surface area contributed by atoms with E-state index in [4.69, 9.17) is 4.74 Å². The van der Waals surface area contributed by atoms with Gasteiger partial charge in [-0.3, -0.25) is 47.9 Å². The fourth-order valence-electron chi connectivity index (χ4n) is 12.9. The monoisotopic (exact) mass is 1300 g/mol. The van der Waals surface area contributed by atoms with E-state index in [1.165, 1.54) is 21.0 Å². The molecule has 92 heavy (non-hydrogen) atoms. The Hall–Kier alpha value is -6.03. The largest absolute Gasteiger partial charge is 0.467 e. The van der Waals surface area contributed by atoms with Crippen LogP contribution in [0.5, 0.6) is 0 Å². The lowest BCUT2D eigenvalue weighted by atomic mass is 9.69. The SMILES string of the molecule is CCCCCCCCNC1(C(=O)NCC(=O)N[C@@H](CC(C)C)C(=O)NC(C)(C)C(=O)NCC(=O)NCC(=O)N[C@@H](CC(C)C)C(=O)NC2(C(=O)NCC(=O)N[C@H](C(=O)N[C@@H](CC(C)C)C(=O)OC)[C@@H](C)CC)CC(C)(C)N([O])C(C)(C)C2)CC(C)(C)N([O])C(C)(C)C1. The average molecular weight is 1300 g/mol. The number of ether oxygens (including phenoxy) is 1. The van der Waals surface area contributed by atoms with Crippen molar-refractivity contribution in [2.45, 2.75) is 284 Å². The minimum Gasteiger partial charge on any atom is -0.467 e. The quantitative estimate of drug-likeness (QED) is 0.0314. The Labute approximate surface area is 547 Å². The third-order valence-electron chi connectivity index (χ3n) is 17.1. The Bertz CT molecular complexity index is 2500. The number of methoxy groups -OCH3 is 1. The van der Waals surface area contributed by atoms with E-state index in [2.05, 4.69) is 65.4 Å². The molecule has 2 heterocycles. The van der Waals surface area contributed by atoms with Gasteiger partial charge >= 0.3 is 5.97 Å². The predicted octanol–water partition coefficient (Wildman–Crippen LogP) is 3.18. The molecular formula is C65H117N13O14. The molecule has 10 amide bonds. The lowest BCUT2D eigenvalue weighted by Gasteiger charge is -2.54. The third-order valence-corrected chi connectivity index (χ3v) is 17.1. The molecule has 526 valence electrons. The molecule has 0 aromatic rings. The first-order valence-electron chi connectivity index (χ1n) is 33.1. The van der Waals surface area contributed by atoms with Crippen molar-refractivity contribution in [3.8, 4) is 0 Å². The first-order chi connectivity index (χ1) is 42.4. The second-order valence-electron chi connectivity index (χ2n) is 30.0. The third kappa shape index (κ3) is 25.0. The number of nitrogens with one attached hydrogen (secondary N) is 11. The van der Waals surface area contributed by atoms with Crippen LogP contribution in [0.1, 0.15) is 221 Å². The number of hydrogen-bond donors (Lipinski definition) is 11. The van der Waals surface area contributed by atoms with E-state index in [0.29, 0.717) is 13.0 Å². The molecule has 0 aliphatic carbocycles. The van der Waals surface area contributed by atoms with E-state index in [9.17, 15) is 63.2 Å². The standard InChI is InChI=1S/C65H117N13O14/c1-21-23-24-25-26-27-28-70-64(36-59(10,11)77(90)60(12,13)37-64)57(88)68-34-49(81)71-44(29-40(3)4)52(83)75-63(18,19)56(87)67-32-47(79)66-33-48(80)72-45(30-41(5)6)53(84)76-65(38-61(14,15)78(91)62(16,17)39-65)58(89)69-35-50(82)74-51(43(9)22-2)54(85)73-46(31-42(7)8)55(86)92-20/h40-46,51,70H,21-39H2,1-20H3,(H,66,79)(H,67,87)(H,68,88)(H,69,89)(H,71,81)(H,72,80)(H,73,85)(H,74,82)(H,75,83)(H,76,84)/t43-,44-,45-,46-,51-/m0/s1. The van der Waals surface area contributed by atoms with Crippen molar-refractivity contribution in [1.82, 2.24) is 68.6 Å². The number of rotatable bonds is 37. The Balaban J connectivity index is 2.18. The van der Waals surface area contributed by atoms with Crippen LogP contribution in [-0.4, -0.2) is 178 Å². The molecule has 2 aliphatic heterocycles. The minimum absolute atomic E-state index is 0.0181. The molecule has 2 aliphatic rings. The van der Waals surface area contributed by atoms with Gasteiger partial charge in [0.05, 0.1) is 33.3 Å².